The van der Waals surface area contributed by atoms with Gasteiger partial charge in [0.1, 0.15) is 0 Å². The van der Waals surface area contributed by atoms with Crippen molar-refractivity contribution in [1.82, 2.24) is 10.1 Å². The van der Waals surface area contributed by atoms with Gasteiger partial charge in [0.15, 0.2) is 0 Å². The average Bonchev–Trinajstić information content (AvgIpc) is 2.93. The van der Waals surface area contributed by atoms with E-state index >= 15 is 0 Å². The maximum Gasteiger partial charge on any atom is 0.227 e. The maximum absolute atomic E-state index is 5.74. The molecule has 1 aromatic heterocycles. The van der Waals surface area contributed by atoms with E-state index < -0.39 is 0 Å². The minimum absolute atomic E-state index is 0.142. The number of rotatable bonds is 4. The van der Waals surface area contributed by atoms with Crippen molar-refractivity contribution in [2.24, 2.45) is 5.73 Å². The highest BCUT2D eigenvalue weighted by molar-refractivity contribution is 5.94. The normalized spacial score (nSPS) is 12.7. The molecule has 1 atom stereocenters. The highest BCUT2D eigenvalue weighted by atomic mass is 16.5. The highest BCUT2D eigenvalue weighted by Gasteiger charge is 2.11. The van der Waals surface area contributed by atoms with Crippen molar-refractivity contribution in [2.45, 2.75) is 25.8 Å². The number of nitrogens with zero attached hydrogens (tertiary/aromatic N) is 2. The fourth-order valence-corrected chi connectivity index (χ4v) is 2.24. The van der Waals surface area contributed by atoms with Crippen molar-refractivity contribution in [1.29, 1.82) is 0 Å². The smallest absolute Gasteiger partial charge is 0.227 e. The van der Waals surface area contributed by atoms with E-state index in [1.807, 2.05) is 31.2 Å². The lowest BCUT2D eigenvalue weighted by molar-refractivity contribution is 0.372. The largest absolute Gasteiger partial charge is 0.339 e. The third kappa shape index (κ3) is 2.56. The molecule has 1 heterocycles. The van der Waals surface area contributed by atoms with Gasteiger partial charge in [-0.15, -0.1) is 0 Å². The second-order valence-corrected chi connectivity index (χ2v) is 5.05. The maximum atomic E-state index is 5.74. The van der Waals surface area contributed by atoms with Crippen LogP contribution in [-0.2, 0) is 6.42 Å². The van der Waals surface area contributed by atoms with Crippen molar-refractivity contribution in [3.8, 4) is 11.4 Å². The number of aryl methyl sites for hydroxylation is 1. The van der Waals surface area contributed by atoms with Crippen LogP contribution in [0.2, 0.25) is 0 Å². The predicted molar refractivity (Wildman–Crippen MR) is 79.2 cm³/mol. The summed E-state index contributed by atoms with van der Waals surface area (Å²) in [5.74, 6) is 1.28. The topological polar surface area (TPSA) is 64.9 Å². The summed E-state index contributed by atoms with van der Waals surface area (Å²) in [5.41, 5.74) is 6.74. The number of aromatic nitrogens is 2. The second kappa shape index (κ2) is 5.43. The number of fused-ring (bicyclic) bond motifs is 1. The molecule has 2 aromatic carbocycles. The van der Waals surface area contributed by atoms with E-state index in [-0.39, 0.29) is 6.04 Å². The van der Waals surface area contributed by atoms with Gasteiger partial charge in [-0.25, -0.2) is 0 Å². The molecule has 2 N–H and O–H groups in total. The van der Waals surface area contributed by atoms with Gasteiger partial charge in [-0.05, 0) is 24.1 Å². The molecular weight excluding hydrogens is 250 g/mol. The van der Waals surface area contributed by atoms with Crippen LogP contribution in [0.15, 0.2) is 47.0 Å². The van der Waals surface area contributed by atoms with Crippen LogP contribution in [0.25, 0.3) is 22.2 Å². The lowest BCUT2D eigenvalue weighted by Gasteiger charge is -2.01. The minimum atomic E-state index is 0.142. The summed E-state index contributed by atoms with van der Waals surface area (Å²) in [6.07, 6.45) is 1.56. The Bertz CT molecular complexity index is 713. The molecule has 1 unspecified atom stereocenters. The van der Waals surface area contributed by atoms with E-state index in [4.69, 9.17) is 10.3 Å². The second-order valence-electron chi connectivity index (χ2n) is 5.05. The molecule has 0 saturated carbocycles. The van der Waals surface area contributed by atoms with Gasteiger partial charge >= 0.3 is 0 Å². The molecule has 4 heteroatoms. The molecule has 0 amide bonds. The molecular formula is C16H17N3O. The first-order chi connectivity index (χ1) is 9.74. The molecule has 20 heavy (non-hydrogen) atoms. The standard InChI is InChI=1S/C16H17N3O/c1-11(17)9-10-15-18-16(19-20-15)14-8-4-6-12-5-2-3-7-13(12)14/h2-8,11H,9-10,17H2,1H3. The van der Waals surface area contributed by atoms with E-state index in [9.17, 15) is 0 Å². The lowest BCUT2D eigenvalue weighted by Crippen LogP contribution is -2.15. The Morgan fingerprint density at radius 1 is 1.15 bits per heavy atom. The Morgan fingerprint density at radius 3 is 2.80 bits per heavy atom. The van der Waals surface area contributed by atoms with Gasteiger partial charge in [0.2, 0.25) is 11.7 Å². The molecule has 3 rings (SSSR count). The van der Waals surface area contributed by atoms with Gasteiger partial charge in [0.05, 0.1) is 0 Å². The first-order valence-electron chi connectivity index (χ1n) is 6.80. The first kappa shape index (κ1) is 12.8. The predicted octanol–water partition coefficient (Wildman–Crippen LogP) is 3.17. The fourth-order valence-electron chi connectivity index (χ4n) is 2.24. The average molecular weight is 267 g/mol. The first-order valence-corrected chi connectivity index (χ1v) is 6.80. The van der Waals surface area contributed by atoms with Crippen LogP contribution < -0.4 is 5.73 Å². The van der Waals surface area contributed by atoms with Gasteiger partial charge in [0.25, 0.3) is 0 Å². The summed E-state index contributed by atoms with van der Waals surface area (Å²) in [6.45, 7) is 1.97. The zero-order chi connectivity index (χ0) is 13.9. The van der Waals surface area contributed by atoms with E-state index in [1.54, 1.807) is 0 Å². The van der Waals surface area contributed by atoms with Gasteiger partial charge < -0.3 is 10.3 Å². The van der Waals surface area contributed by atoms with Crippen LogP contribution in [0.4, 0.5) is 0 Å². The van der Waals surface area contributed by atoms with Gasteiger partial charge in [-0.1, -0.05) is 47.6 Å². The summed E-state index contributed by atoms with van der Waals surface area (Å²) < 4.78 is 5.30. The quantitative estimate of drug-likeness (QED) is 0.788. The molecule has 0 aliphatic carbocycles. The van der Waals surface area contributed by atoms with Crippen LogP contribution in [0.3, 0.4) is 0 Å². The summed E-state index contributed by atoms with van der Waals surface area (Å²) in [7, 11) is 0. The van der Waals surface area contributed by atoms with Crippen molar-refractivity contribution < 1.29 is 4.52 Å². The van der Waals surface area contributed by atoms with Crippen molar-refractivity contribution in [2.75, 3.05) is 0 Å². The number of hydrogen-bond acceptors (Lipinski definition) is 4. The molecule has 3 aromatic rings. The minimum Gasteiger partial charge on any atom is -0.339 e. The van der Waals surface area contributed by atoms with E-state index in [1.165, 1.54) is 5.39 Å². The number of hydrogen-bond donors (Lipinski definition) is 1. The van der Waals surface area contributed by atoms with E-state index in [0.29, 0.717) is 11.7 Å². The zero-order valence-corrected chi connectivity index (χ0v) is 11.4. The summed E-state index contributed by atoms with van der Waals surface area (Å²) in [6, 6.07) is 14.4. The Labute approximate surface area is 117 Å². The van der Waals surface area contributed by atoms with Crippen LogP contribution in [0.1, 0.15) is 19.2 Å². The summed E-state index contributed by atoms with van der Waals surface area (Å²) in [5, 5.41) is 6.39. The molecule has 0 bridgehead atoms. The zero-order valence-electron chi connectivity index (χ0n) is 11.4. The SMILES string of the molecule is CC(N)CCc1nc(-c2cccc3ccccc23)no1. The molecule has 0 radical (unpaired) electrons. The van der Waals surface area contributed by atoms with Crippen LogP contribution in [0, 0.1) is 0 Å². The Morgan fingerprint density at radius 2 is 1.95 bits per heavy atom. The third-order valence-corrected chi connectivity index (χ3v) is 3.31. The van der Waals surface area contributed by atoms with Crippen molar-refractivity contribution >= 4 is 10.8 Å². The monoisotopic (exact) mass is 267 g/mol. The molecule has 0 spiro atoms. The summed E-state index contributed by atoms with van der Waals surface area (Å²) >= 11 is 0. The van der Waals surface area contributed by atoms with Gasteiger partial charge in [-0.2, -0.15) is 4.98 Å². The van der Waals surface area contributed by atoms with Gasteiger partial charge in [-0.3, -0.25) is 0 Å². The molecule has 0 aliphatic rings. The Balaban J connectivity index is 1.95. The summed E-state index contributed by atoms with van der Waals surface area (Å²) in [4.78, 5) is 4.47. The molecule has 102 valence electrons. The highest BCUT2D eigenvalue weighted by Crippen LogP contribution is 2.26. The molecule has 0 aliphatic heterocycles. The van der Waals surface area contributed by atoms with Crippen molar-refractivity contribution in [3.05, 3.63) is 48.4 Å². The molecule has 4 nitrogen and oxygen atoms in total. The lowest BCUT2D eigenvalue weighted by atomic mass is 10.0. The van der Waals surface area contributed by atoms with Crippen LogP contribution >= 0.6 is 0 Å². The Hall–Kier alpha value is -2.20. The third-order valence-electron chi connectivity index (χ3n) is 3.31. The number of nitrogens with two attached hydrogens (primary N) is 1. The molecule has 0 fully saturated rings. The number of benzene rings is 2. The van der Waals surface area contributed by atoms with Crippen LogP contribution in [0.5, 0.6) is 0 Å². The van der Waals surface area contributed by atoms with Crippen molar-refractivity contribution in [3.63, 3.8) is 0 Å². The van der Waals surface area contributed by atoms with E-state index in [0.717, 1.165) is 23.8 Å². The van der Waals surface area contributed by atoms with Crippen LogP contribution in [-0.4, -0.2) is 16.2 Å². The Kier molecular flexibility index (Phi) is 3.48. The van der Waals surface area contributed by atoms with Gasteiger partial charge in [0, 0.05) is 18.0 Å². The fraction of sp³-hybridized carbons (Fsp3) is 0.250. The molecule has 0 saturated heterocycles. The van der Waals surface area contributed by atoms with E-state index in [2.05, 4.69) is 28.3 Å².